The molecule has 0 spiro atoms. The van der Waals surface area contributed by atoms with E-state index in [2.05, 4.69) is 0 Å². The number of benzene rings is 1. The number of hydrogen-bond acceptors (Lipinski definition) is 2. The first-order chi connectivity index (χ1) is 8.54. The van der Waals surface area contributed by atoms with Crippen LogP contribution in [0.5, 0.6) is 0 Å². The molecule has 3 nitrogen and oxygen atoms in total. The Bertz CT molecular complexity index is 647. The summed E-state index contributed by atoms with van der Waals surface area (Å²) in [5.74, 6) is -0.338. The van der Waals surface area contributed by atoms with Crippen LogP contribution in [0.3, 0.4) is 0 Å². The minimum absolute atomic E-state index is 0.174. The third-order valence-electron chi connectivity index (χ3n) is 3.02. The highest BCUT2D eigenvalue weighted by molar-refractivity contribution is 5.69. The molecule has 0 aliphatic rings. The van der Waals surface area contributed by atoms with Gasteiger partial charge in [-0.05, 0) is 30.2 Å². The van der Waals surface area contributed by atoms with Crippen molar-refractivity contribution in [1.29, 1.82) is 0 Å². The van der Waals surface area contributed by atoms with Gasteiger partial charge in [0.2, 0.25) is 0 Å². The van der Waals surface area contributed by atoms with E-state index in [1.54, 1.807) is 30.8 Å². The molecule has 1 aromatic heterocycles. The number of nitrogens with zero attached hydrogens (tertiary/aromatic N) is 1. The van der Waals surface area contributed by atoms with E-state index in [9.17, 15) is 14.3 Å². The predicted octanol–water partition coefficient (Wildman–Crippen LogP) is 1.99. The Labute approximate surface area is 104 Å². The maximum Gasteiger partial charge on any atom is 0.189 e. The molecule has 0 aliphatic carbocycles. The summed E-state index contributed by atoms with van der Waals surface area (Å²) in [4.78, 5) is 12.0. The summed E-state index contributed by atoms with van der Waals surface area (Å²) in [6.45, 7) is 1.50. The van der Waals surface area contributed by atoms with Crippen LogP contribution in [0, 0.1) is 12.7 Å². The van der Waals surface area contributed by atoms with E-state index in [0.717, 1.165) is 0 Å². The van der Waals surface area contributed by atoms with Gasteiger partial charge in [0.15, 0.2) is 5.43 Å². The Hall–Kier alpha value is -1.94. The van der Waals surface area contributed by atoms with Crippen molar-refractivity contribution in [2.24, 2.45) is 7.05 Å². The van der Waals surface area contributed by atoms with E-state index in [1.807, 2.05) is 0 Å². The van der Waals surface area contributed by atoms with Gasteiger partial charge in [-0.2, -0.15) is 0 Å². The molecule has 0 unspecified atom stereocenters. The highest BCUT2D eigenvalue weighted by Gasteiger charge is 2.13. The Morgan fingerprint density at radius 2 is 2.06 bits per heavy atom. The van der Waals surface area contributed by atoms with Gasteiger partial charge < -0.3 is 9.67 Å². The molecule has 1 heterocycles. The van der Waals surface area contributed by atoms with E-state index >= 15 is 0 Å². The van der Waals surface area contributed by atoms with Crippen molar-refractivity contribution in [1.82, 2.24) is 4.57 Å². The monoisotopic (exact) mass is 247 g/mol. The number of rotatable bonds is 2. The minimum atomic E-state index is -0.338. The van der Waals surface area contributed by atoms with Gasteiger partial charge in [-0.3, -0.25) is 4.79 Å². The third kappa shape index (κ3) is 2.07. The van der Waals surface area contributed by atoms with Crippen molar-refractivity contribution >= 4 is 0 Å². The van der Waals surface area contributed by atoms with Gasteiger partial charge in [0.05, 0.1) is 17.9 Å². The average Bonchev–Trinajstić information content (AvgIpc) is 2.33. The standard InChI is InChI=1S/C14H14FNO2/c1-9-7-10(15)3-4-11(9)14-12(8-17)16(2)6-5-13(14)18/h3-7,17H,8H2,1-2H3. The average molecular weight is 247 g/mol. The molecule has 0 bridgehead atoms. The summed E-state index contributed by atoms with van der Waals surface area (Å²) in [5.41, 5.74) is 2.11. The summed E-state index contributed by atoms with van der Waals surface area (Å²) in [5, 5.41) is 9.40. The van der Waals surface area contributed by atoms with Gasteiger partial charge in [-0.25, -0.2) is 4.39 Å². The number of aromatic nitrogens is 1. The molecule has 2 aromatic rings. The number of aryl methyl sites for hydroxylation is 2. The molecule has 0 saturated carbocycles. The molecule has 1 aromatic carbocycles. The lowest BCUT2D eigenvalue weighted by Gasteiger charge is -2.13. The number of pyridine rings is 1. The second-order valence-corrected chi connectivity index (χ2v) is 4.23. The van der Waals surface area contributed by atoms with E-state index in [-0.39, 0.29) is 17.9 Å². The Balaban J connectivity index is 2.78. The normalized spacial score (nSPS) is 10.7. The first-order valence-corrected chi connectivity index (χ1v) is 5.60. The van der Waals surface area contributed by atoms with Crippen LogP contribution in [-0.4, -0.2) is 9.67 Å². The quantitative estimate of drug-likeness (QED) is 0.881. The van der Waals surface area contributed by atoms with E-state index in [4.69, 9.17) is 0 Å². The number of aliphatic hydroxyl groups is 1. The zero-order valence-corrected chi connectivity index (χ0v) is 10.3. The SMILES string of the molecule is Cc1cc(F)ccc1-c1c(CO)n(C)ccc1=O. The van der Waals surface area contributed by atoms with Crippen molar-refractivity contribution in [2.75, 3.05) is 0 Å². The van der Waals surface area contributed by atoms with Crippen LogP contribution in [-0.2, 0) is 13.7 Å². The number of aliphatic hydroxyl groups excluding tert-OH is 1. The lowest BCUT2D eigenvalue weighted by molar-refractivity contribution is 0.272. The van der Waals surface area contributed by atoms with E-state index in [0.29, 0.717) is 22.4 Å². The topological polar surface area (TPSA) is 42.2 Å². The summed E-state index contributed by atoms with van der Waals surface area (Å²) < 4.78 is 14.8. The van der Waals surface area contributed by atoms with Crippen LogP contribution in [0.2, 0.25) is 0 Å². The number of hydrogen-bond donors (Lipinski definition) is 1. The molecule has 0 saturated heterocycles. The van der Waals surface area contributed by atoms with E-state index < -0.39 is 0 Å². The Morgan fingerprint density at radius 3 is 2.67 bits per heavy atom. The third-order valence-corrected chi connectivity index (χ3v) is 3.02. The lowest BCUT2D eigenvalue weighted by atomic mass is 9.98. The van der Waals surface area contributed by atoms with Crippen LogP contribution in [0.15, 0.2) is 35.3 Å². The smallest absolute Gasteiger partial charge is 0.189 e. The van der Waals surface area contributed by atoms with Crippen LogP contribution >= 0.6 is 0 Å². The van der Waals surface area contributed by atoms with Crippen molar-refractivity contribution in [3.05, 3.63) is 57.8 Å². The second kappa shape index (κ2) is 4.74. The first-order valence-electron chi connectivity index (χ1n) is 5.60. The van der Waals surface area contributed by atoms with Gasteiger partial charge >= 0.3 is 0 Å². The van der Waals surface area contributed by atoms with E-state index in [1.165, 1.54) is 18.2 Å². The molecule has 0 amide bonds. The molecule has 0 atom stereocenters. The zero-order valence-electron chi connectivity index (χ0n) is 10.3. The first kappa shape index (κ1) is 12.5. The summed E-state index contributed by atoms with van der Waals surface area (Å²) in [7, 11) is 1.76. The Kier molecular flexibility index (Phi) is 3.30. The van der Waals surface area contributed by atoms with Crippen molar-refractivity contribution < 1.29 is 9.50 Å². The molecule has 1 N–H and O–H groups in total. The van der Waals surface area contributed by atoms with Gasteiger partial charge in [-0.15, -0.1) is 0 Å². The highest BCUT2D eigenvalue weighted by atomic mass is 19.1. The van der Waals surface area contributed by atoms with Crippen molar-refractivity contribution in [2.45, 2.75) is 13.5 Å². The number of halogens is 1. The fraction of sp³-hybridized carbons (Fsp3) is 0.214. The van der Waals surface area contributed by atoms with Gasteiger partial charge in [0, 0.05) is 19.3 Å². The molecule has 2 rings (SSSR count). The predicted molar refractivity (Wildman–Crippen MR) is 67.7 cm³/mol. The largest absolute Gasteiger partial charge is 0.390 e. The van der Waals surface area contributed by atoms with Gasteiger partial charge in [-0.1, -0.05) is 6.07 Å². The maximum atomic E-state index is 13.1. The zero-order chi connectivity index (χ0) is 13.3. The fourth-order valence-electron chi connectivity index (χ4n) is 2.06. The highest BCUT2D eigenvalue weighted by Crippen LogP contribution is 2.24. The summed E-state index contributed by atoms with van der Waals surface area (Å²) in [6, 6.07) is 5.71. The second-order valence-electron chi connectivity index (χ2n) is 4.23. The molecular formula is C14H14FNO2. The minimum Gasteiger partial charge on any atom is -0.390 e. The fourth-order valence-corrected chi connectivity index (χ4v) is 2.06. The van der Waals surface area contributed by atoms with Crippen LogP contribution in [0.4, 0.5) is 4.39 Å². The molecule has 0 radical (unpaired) electrons. The molecular weight excluding hydrogens is 233 g/mol. The van der Waals surface area contributed by atoms with Gasteiger partial charge in [0.1, 0.15) is 5.82 Å². The van der Waals surface area contributed by atoms with Gasteiger partial charge in [0.25, 0.3) is 0 Å². The van der Waals surface area contributed by atoms with Crippen LogP contribution in [0.1, 0.15) is 11.3 Å². The Morgan fingerprint density at radius 1 is 1.33 bits per heavy atom. The molecule has 18 heavy (non-hydrogen) atoms. The lowest BCUT2D eigenvalue weighted by Crippen LogP contribution is -2.14. The summed E-state index contributed by atoms with van der Waals surface area (Å²) >= 11 is 0. The van der Waals surface area contributed by atoms with Crippen LogP contribution in [0.25, 0.3) is 11.1 Å². The molecule has 94 valence electrons. The molecule has 0 fully saturated rings. The molecule has 4 heteroatoms. The van der Waals surface area contributed by atoms with Crippen molar-refractivity contribution in [3.63, 3.8) is 0 Å². The maximum absolute atomic E-state index is 13.1. The molecule has 0 aliphatic heterocycles. The van der Waals surface area contributed by atoms with Crippen LogP contribution < -0.4 is 5.43 Å². The van der Waals surface area contributed by atoms with Crippen molar-refractivity contribution in [3.8, 4) is 11.1 Å². The summed E-state index contributed by atoms with van der Waals surface area (Å²) in [6.07, 6.45) is 1.61.